The van der Waals surface area contributed by atoms with Crippen molar-refractivity contribution >= 4 is 5.91 Å². The smallest absolute Gasteiger partial charge is 0.243 e. The number of aromatic nitrogens is 2. The van der Waals surface area contributed by atoms with Crippen LogP contribution in [-0.4, -0.2) is 15.5 Å². The maximum absolute atomic E-state index is 13.0. The van der Waals surface area contributed by atoms with E-state index in [1.54, 1.807) is 24.4 Å². The summed E-state index contributed by atoms with van der Waals surface area (Å²) in [6.45, 7) is 6.22. The maximum Gasteiger partial charge on any atom is 0.243 e. The van der Waals surface area contributed by atoms with Crippen LogP contribution in [0.25, 0.3) is 11.3 Å². The second kappa shape index (κ2) is 7.56. The van der Waals surface area contributed by atoms with Gasteiger partial charge in [-0.3, -0.25) is 4.79 Å². The fraction of sp³-hybridized carbons (Fsp3) is 0.300. The molecule has 1 aromatic carbocycles. The van der Waals surface area contributed by atoms with Gasteiger partial charge in [0.1, 0.15) is 29.2 Å². The van der Waals surface area contributed by atoms with Crippen LogP contribution in [-0.2, 0) is 11.3 Å². The summed E-state index contributed by atoms with van der Waals surface area (Å²) in [5.74, 6) is 2.00. The highest BCUT2D eigenvalue weighted by atomic mass is 19.1. The van der Waals surface area contributed by atoms with E-state index in [4.69, 9.17) is 4.42 Å². The molecule has 0 saturated heterocycles. The number of halogens is 1. The van der Waals surface area contributed by atoms with Gasteiger partial charge in [0, 0.05) is 23.9 Å². The number of benzene rings is 1. The van der Waals surface area contributed by atoms with Crippen molar-refractivity contribution in [1.82, 2.24) is 14.9 Å². The standard InChI is InChI=1S/C20H22FN3O2/c1-13(2)19-22-10-11-24(19)14(3)20(25)23-12-17-8-9-18(26-17)15-4-6-16(21)7-5-15/h4-11,13-14H,12H2,1-3H3,(H,23,25)/t14-/m1/s1. The highest BCUT2D eigenvalue weighted by molar-refractivity contribution is 5.79. The Morgan fingerprint density at radius 1 is 1.19 bits per heavy atom. The normalized spacial score (nSPS) is 12.3. The molecule has 5 nitrogen and oxygen atoms in total. The van der Waals surface area contributed by atoms with Gasteiger partial charge < -0.3 is 14.3 Å². The lowest BCUT2D eigenvalue weighted by molar-refractivity contribution is -0.124. The maximum atomic E-state index is 13.0. The molecule has 0 spiro atoms. The molecule has 1 N–H and O–H groups in total. The third-order valence-corrected chi connectivity index (χ3v) is 4.24. The number of hydrogen-bond donors (Lipinski definition) is 1. The molecule has 2 heterocycles. The third kappa shape index (κ3) is 3.85. The Hall–Kier alpha value is -2.89. The topological polar surface area (TPSA) is 60.1 Å². The lowest BCUT2D eigenvalue weighted by Crippen LogP contribution is -2.31. The van der Waals surface area contributed by atoms with Gasteiger partial charge in [0.2, 0.25) is 5.91 Å². The molecule has 0 bridgehead atoms. The molecule has 6 heteroatoms. The van der Waals surface area contributed by atoms with Gasteiger partial charge in [0.05, 0.1) is 6.54 Å². The molecule has 0 radical (unpaired) electrons. The summed E-state index contributed by atoms with van der Waals surface area (Å²) < 4.78 is 20.6. The summed E-state index contributed by atoms with van der Waals surface area (Å²) in [4.78, 5) is 16.8. The summed E-state index contributed by atoms with van der Waals surface area (Å²) in [6.07, 6.45) is 3.53. The van der Waals surface area contributed by atoms with Crippen LogP contribution in [0.3, 0.4) is 0 Å². The minimum absolute atomic E-state index is 0.107. The first-order valence-electron chi connectivity index (χ1n) is 8.61. The van der Waals surface area contributed by atoms with E-state index in [1.165, 1.54) is 12.1 Å². The van der Waals surface area contributed by atoms with Gasteiger partial charge in [-0.1, -0.05) is 13.8 Å². The fourth-order valence-electron chi connectivity index (χ4n) is 2.79. The number of nitrogens with one attached hydrogen (secondary N) is 1. The van der Waals surface area contributed by atoms with Crippen molar-refractivity contribution in [3.05, 3.63) is 66.2 Å². The Bertz CT molecular complexity index is 881. The van der Waals surface area contributed by atoms with Crippen LogP contribution in [0.4, 0.5) is 4.39 Å². The quantitative estimate of drug-likeness (QED) is 0.718. The summed E-state index contributed by atoms with van der Waals surface area (Å²) in [5.41, 5.74) is 0.789. The molecule has 136 valence electrons. The Morgan fingerprint density at radius 2 is 1.92 bits per heavy atom. The van der Waals surface area contributed by atoms with Gasteiger partial charge in [0.15, 0.2) is 0 Å². The molecule has 0 aliphatic carbocycles. The fourth-order valence-corrected chi connectivity index (χ4v) is 2.79. The third-order valence-electron chi connectivity index (χ3n) is 4.24. The van der Waals surface area contributed by atoms with E-state index < -0.39 is 0 Å². The van der Waals surface area contributed by atoms with E-state index in [-0.39, 0.29) is 30.2 Å². The Morgan fingerprint density at radius 3 is 2.62 bits per heavy atom. The zero-order valence-electron chi connectivity index (χ0n) is 15.1. The second-order valence-electron chi connectivity index (χ2n) is 6.51. The van der Waals surface area contributed by atoms with E-state index in [1.807, 2.05) is 37.6 Å². The van der Waals surface area contributed by atoms with E-state index in [9.17, 15) is 9.18 Å². The highest BCUT2D eigenvalue weighted by Crippen LogP contribution is 2.22. The van der Waals surface area contributed by atoms with Crippen LogP contribution in [0.5, 0.6) is 0 Å². The summed E-state index contributed by atoms with van der Waals surface area (Å²) in [7, 11) is 0. The predicted octanol–water partition coefficient (Wildman–Crippen LogP) is 4.28. The van der Waals surface area contributed by atoms with Crippen molar-refractivity contribution in [3.8, 4) is 11.3 Å². The number of furan rings is 1. The first kappa shape index (κ1) is 17.9. The first-order chi connectivity index (χ1) is 12.5. The molecule has 1 atom stereocenters. The molecule has 3 aromatic rings. The van der Waals surface area contributed by atoms with E-state index >= 15 is 0 Å². The van der Waals surface area contributed by atoms with Crippen molar-refractivity contribution in [2.45, 2.75) is 39.3 Å². The SMILES string of the molecule is CC(C)c1nccn1[C@H](C)C(=O)NCc1ccc(-c2ccc(F)cc2)o1. The predicted molar refractivity (Wildman–Crippen MR) is 97.0 cm³/mol. The lowest BCUT2D eigenvalue weighted by Gasteiger charge is -2.17. The molecule has 26 heavy (non-hydrogen) atoms. The molecular weight excluding hydrogens is 333 g/mol. The van der Waals surface area contributed by atoms with E-state index in [0.717, 1.165) is 11.4 Å². The molecule has 3 rings (SSSR count). The van der Waals surface area contributed by atoms with Crippen molar-refractivity contribution in [2.75, 3.05) is 0 Å². The number of carbonyl (C=O) groups is 1. The van der Waals surface area contributed by atoms with Crippen LogP contribution in [0.2, 0.25) is 0 Å². The Kier molecular flexibility index (Phi) is 5.21. The van der Waals surface area contributed by atoms with E-state index in [0.29, 0.717) is 11.5 Å². The van der Waals surface area contributed by atoms with Crippen LogP contribution in [0, 0.1) is 5.82 Å². The molecule has 2 aromatic heterocycles. The number of rotatable bonds is 6. The Labute approximate surface area is 151 Å². The average Bonchev–Trinajstić information content (AvgIpc) is 3.29. The van der Waals surface area contributed by atoms with Crippen LogP contribution in [0.1, 0.15) is 44.3 Å². The highest BCUT2D eigenvalue weighted by Gasteiger charge is 2.19. The van der Waals surface area contributed by atoms with Crippen LogP contribution >= 0.6 is 0 Å². The van der Waals surface area contributed by atoms with Gasteiger partial charge in [-0.25, -0.2) is 9.37 Å². The van der Waals surface area contributed by atoms with Crippen LogP contribution in [0.15, 0.2) is 53.2 Å². The molecular formula is C20H22FN3O2. The zero-order valence-corrected chi connectivity index (χ0v) is 15.1. The number of hydrogen-bond acceptors (Lipinski definition) is 3. The van der Waals surface area contributed by atoms with Crippen molar-refractivity contribution in [2.24, 2.45) is 0 Å². The monoisotopic (exact) mass is 355 g/mol. The second-order valence-corrected chi connectivity index (χ2v) is 6.51. The van der Waals surface area contributed by atoms with Gasteiger partial charge in [-0.2, -0.15) is 0 Å². The van der Waals surface area contributed by atoms with Gasteiger partial charge in [-0.15, -0.1) is 0 Å². The lowest BCUT2D eigenvalue weighted by atomic mass is 10.2. The van der Waals surface area contributed by atoms with Crippen molar-refractivity contribution in [3.63, 3.8) is 0 Å². The number of amides is 1. The molecule has 0 unspecified atom stereocenters. The number of carbonyl (C=O) groups excluding carboxylic acids is 1. The zero-order chi connectivity index (χ0) is 18.7. The van der Waals surface area contributed by atoms with Gasteiger partial charge in [0.25, 0.3) is 0 Å². The van der Waals surface area contributed by atoms with Crippen molar-refractivity contribution in [1.29, 1.82) is 0 Å². The Balaban J connectivity index is 1.63. The van der Waals surface area contributed by atoms with Gasteiger partial charge >= 0.3 is 0 Å². The van der Waals surface area contributed by atoms with Crippen LogP contribution < -0.4 is 5.32 Å². The summed E-state index contributed by atoms with van der Waals surface area (Å²) in [6, 6.07) is 9.35. The summed E-state index contributed by atoms with van der Waals surface area (Å²) >= 11 is 0. The minimum atomic E-state index is -0.360. The van der Waals surface area contributed by atoms with E-state index in [2.05, 4.69) is 10.3 Å². The molecule has 0 aliphatic heterocycles. The summed E-state index contributed by atoms with van der Waals surface area (Å²) in [5, 5.41) is 2.89. The van der Waals surface area contributed by atoms with Gasteiger partial charge in [-0.05, 0) is 43.3 Å². The molecule has 1 amide bonds. The number of imidazole rings is 1. The molecule has 0 saturated carbocycles. The largest absolute Gasteiger partial charge is 0.459 e. The first-order valence-corrected chi connectivity index (χ1v) is 8.61. The molecule has 0 aliphatic rings. The van der Waals surface area contributed by atoms with Crippen molar-refractivity contribution < 1.29 is 13.6 Å². The number of nitrogens with zero attached hydrogens (tertiary/aromatic N) is 2. The molecule has 0 fully saturated rings. The minimum Gasteiger partial charge on any atom is -0.459 e. The average molecular weight is 355 g/mol.